The van der Waals surface area contributed by atoms with Crippen molar-refractivity contribution in [2.45, 2.75) is 77.0 Å². The summed E-state index contributed by atoms with van der Waals surface area (Å²) in [6, 6.07) is 10.0. The molecule has 32 heavy (non-hydrogen) atoms. The van der Waals surface area contributed by atoms with Gasteiger partial charge in [-0.15, -0.1) is 0 Å². The number of hydrogen-bond acceptors (Lipinski definition) is 4. The maximum Gasteiger partial charge on any atom is 0.274 e. The summed E-state index contributed by atoms with van der Waals surface area (Å²) in [7, 11) is 1.87. The molecule has 0 atom stereocenters. The zero-order valence-corrected chi connectivity index (χ0v) is 19.8. The second-order valence-electron chi connectivity index (χ2n) is 10.3. The monoisotopic (exact) mass is 438 g/mol. The van der Waals surface area contributed by atoms with E-state index in [1.807, 2.05) is 47.2 Å². The van der Waals surface area contributed by atoms with Gasteiger partial charge >= 0.3 is 0 Å². The molecule has 1 aliphatic carbocycles. The van der Waals surface area contributed by atoms with Gasteiger partial charge in [0.1, 0.15) is 17.0 Å². The Labute approximate surface area is 190 Å². The van der Waals surface area contributed by atoms with Gasteiger partial charge in [-0.25, -0.2) is 0 Å². The Morgan fingerprint density at radius 2 is 1.91 bits per heavy atom. The summed E-state index contributed by atoms with van der Waals surface area (Å²) in [5.74, 6) is 0.848. The zero-order valence-electron chi connectivity index (χ0n) is 19.8. The Bertz CT molecular complexity index is 999. The first-order valence-electron chi connectivity index (χ1n) is 11.4. The molecule has 4 rings (SSSR count). The van der Waals surface area contributed by atoms with Crippen molar-refractivity contribution in [2.75, 3.05) is 13.6 Å². The summed E-state index contributed by atoms with van der Waals surface area (Å²) in [4.78, 5) is 29.1. The van der Waals surface area contributed by atoms with Crippen LogP contribution in [0.15, 0.2) is 30.3 Å². The lowest BCUT2D eigenvalue weighted by Gasteiger charge is -2.43. The standard InChI is InChI=1S/C25H34N4O3/c1-17(30)28(5)19-10-12-25(13-11-19)16-29(15-18-8-6-7-9-21(18)32-25)23(31)20-14-22(27-26-20)24(2,3)4/h6-9,14,19H,10-13,15-16H2,1-5H3,(H,26,27). The highest BCUT2D eigenvalue weighted by Crippen LogP contribution is 2.39. The number of aromatic amines is 1. The Morgan fingerprint density at radius 1 is 1.22 bits per heavy atom. The van der Waals surface area contributed by atoms with E-state index in [-0.39, 0.29) is 23.3 Å². The summed E-state index contributed by atoms with van der Waals surface area (Å²) in [5, 5.41) is 7.37. The van der Waals surface area contributed by atoms with E-state index in [0.717, 1.165) is 42.7 Å². The second kappa shape index (κ2) is 8.26. The van der Waals surface area contributed by atoms with Gasteiger partial charge in [-0.05, 0) is 37.8 Å². The van der Waals surface area contributed by atoms with Gasteiger partial charge in [-0.1, -0.05) is 39.0 Å². The van der Waals surface area contributed by atoms with Crippen molar-refractivity contribution < 1.29 is 14.3 Å². The molecule has 1 aromatic heterocycles. The summed E-state index contributed by atoms with van der Waals surface area (Å²) in [5.41, 5.74) is 1.82. The van der Waals surface area contributed by atoms with Gasteiger partial charge in [-0.3, -0.25) is 14.7 Å². The fourth-order valence-electron chi connectivity index (χ4n) is 4.76. The minimum atomic E-state index is -0.459. The number of fused-ring (bicyclic) bond motifs is 1. The largest absolute Gasteiger partial charge is 0.485 e. The topological polar surface area (TPSA) is 78.5 Å². The molecule has 1 fully saturated rings. The summed E-state index contributed by atoms with van der Waals surface area (Å²) < 4.78 is 6.62. The number of aromatic nitrogens is 2. The van der Waals surface area contributed by atoms with E-state index in [1.165, 1.54) is 0 Å². The Kier molecular flexibility index (Phi) is 5.77. The Morgan fingerprint density at radius 3 is 2.53 bits per heavy atom. The van der Waals surface area contributed by atoms with Crippen LogP contribution in [0.5, 0.6) is 5.75 Å². The van der Waals surface area contributed by atoms with Crippen LogP contribution in [-0.4, -0.2) is 57.0 Å². The average Bonchev–Trinajstić information content (AvgIpc) is 3.19. The molecule has 1 aromatic carbocycles. The van der Waals surface area contributed by atoms with Gasteiger partial charge < -0.3 is 14.5 Å². The van der Waals surface area contributed by atoms with Gasteiger partial charge in [0, 0.05) is 43.2 Å². The number of carbonyl (C=O) groups is 2. The number of para-hydroxylation sites is 1. The lowest BCUT2D eigenvalue weighted by atomic mass is 9.81. The Hall–Kier alpha value is -2.83. The molecular formula is C25H34N4O3. The number of amides is 2. The average molecular weight is 439 g/mol. The maximum atomic E-state index is 13.5. The summed E-state index contributed by atoms with van der Waals surface area (Å²) in [6.07, 6.45) is 3.30. The molecule has 2 amide bonds. The van der Waals surface area contributed by atoms with Crippen LogP contribution in [0.4, 0.5) is 0 Å². The third-order valence-electron chi connectivity index (χ3n) is 6.94. The third kappa shape index (κ3) is 4.38. The molecule has 2 aromatic rings. The first-order chi connectivity index (χ1) is 15.1. The molecule has 0 bridgehead atoms. The number of carbonyl (C=O) groups excluding carboxylic acids is 2. The summed E-state index contributed by atoms with van der Waals surface area (Å²) >= 11 is 0. The zero-order chi connectivity index (χ0) is 23.1. The van der Waals surface area contributed by atoms with Crippen LogP contribution in [-0.2, 0) is 16.8 Å². The van der Waals surface area contributed by atoms with Crippen LogP contribution < -0.4 is 4.74 Å². The number of nitrogens with zero attached hydrogens (tertiary/aromatic N) is 3. The molecule has 7 nitrogen and oxygen atoms in total. The molecule has 1 N–H and O–H groups in total. The fourth-order valence-corrected chi connectivity index (χ4v) is 4.76. The third-order valence-corrected chi connectivity index (χ3v) is 6.94. The lowest BCUT2D eigenvalue weighted by Crippen LogP contribution is -2.52. The van der Waals surface area contributed by atoms with E-state index in [4.69, 9.17) is 4.74 Å². The van der Waals surface area contributed by atoms with E-state index in [1.54, 1.807) is 6.92 Å². The van der Waals surface area contributed by atoms with Crippen molar-refractivity contribution in [2.24, 2.45) is 0 Å². The van der Waals surface area contributed by atoms with Crippen molar-refractivity contribution >= 4 is 11.8 Å². The molecule has 1 saturated carbocycles. The Balaban J connectivity index is 1.61. The van der Waals surface area contributed by atoms with Crippen LogP contribution in [0.25, 0.3) is 0 Å². The van der Waals surface area contributed by atoms with Crippen LogP contribution in [0.2, 0.25) is 0 Å². The van der Waals surface area contributed by atoms with Gasteiger partial charge in [0.15, 0.2) is 0 Å². The molecule has 172 valence electrons. The number of ether oxygens (including phenoxy) is 1. The quantitative estimate of drug-likeness (QED) is 0.771. The van der Waals surface area contributed by atoms with E-state index in [0.29, 0.717) is 18.8 Å². The van der Waals surface area contributed by atoms with E-state index >= 15 is 0 Å². The highest BCUT2D eigenvalue weighted by molar-refractivity contribution is 5.92. The van der Waals surface area contributed by atoms with E-state index < -0.39 is 5.60 Å². The first kappa shape index (κ1) is 22.4. The predicted molar refractivity (Wildman–Crippen MR) is 123 cm³/mol. The van der Waals surface area contributed by atoms with Crippen LogP contribution in [0, 0.1) is 0 Å². The van der Waals surface area contributed by atoms with E-state index in [2.05, 4.69) is 31.0 Å². The minimum absolute atomic E-state index is 0.0839. The van der Waals surface area contributed by atoms with Crippen molar-refractivity contribution in [3.05, 3.63) is 47.3 Å². The smallest absolute Gasteiger partial charge is 0.274 e. The summed E-state index contributed by atoms with van der Waals surface area (Å²) in [6.45, 7) is 8.89. The van der Waals surface area contributed by atoms with Crippen molar-refractivity contribution in [3.8, 4) is 5.75 Å². The molecule has 1 aliphatic heterocycles. The molecule has 0 radical (unpaired) electrons. The number of nitrogens with one attached hydrogen (secondary N) is 1. The number of H-pyrrole nitrogens is 1. The second-order valence-corrected chi connectivity index (χ2v) is 10.3. The molecule has 7 heteroatoms. The van der Waals surface area contributed by atoms with E-state index in [9.17, 15) is 9.59 Å². The SMILES string of the molecule is CC(=O)N(C)C1CCC2(CC1)CN(C(=O)c1cc(C(C)(C)C)[nH]n1)Cc1ccccc1O2. The predicted octanol–water partition coefficient (Wildman–Crippen LogP) is 3.90. The first-order valence-corrected chi connectivity index (χ1v) is 11.4. The van der Waals surface area contributed by atoms with Gasteiger partial charge in [0.25, 0.3) is 5.91 Å². The van der Waals surface area contributed by atoms with Crippen molar-refractivity contribution in [1.29, 1.82) is 0 Å². The normalized spacial score (nSPS) is 23.3. The maximum absolute atomic E-state index is 13.5. The number of hydrogen-bond donors (Lipinski definition) is 1. The minimum Gasteiger partial charge on any atom is -0.485 e. The molecular weight excluding hydrogens is 404 g/mol. The van der Waals surface area contributed by atoms with Crippen LogP contribution in [0.1, 0.15) is 75.1 Å². The van der Waals surface area contributed by atoms with Gasteiger partial charge in [0.05, 0.1) is 6.54 Å². The molecule has 2 aliphatic rings. The lowest BCUT2D eigenvalue weighted by molar-refractivity contribution is -0.131. The highest BCUT2D eigenvalue weighted by Gasteiger charge is 2.43. The van der Waals surface area contributed by atoms with Gasteiger partial charge in [-0.2, -0.15) is 5.10 Å². The molecule has 2 heterocycles. The van der Waals surface area contributed by atoms with Gasteiger partial charge in [0.2, 0.25) is 5.91 Å². The van der Waals surface area contributed by atoms with Crippen molar-refractivity contribution in [1.82, 2.24) is 20.0 Å². The van der Waals surface area contributed by atoms with Crippen molar-refractivity contribution in [3.63, 3.8) is 0 Å². The van der Waals surface area contributed by atoms with Crippen LogP contribution >= 0.6 is 0 Å². The molecule has 0 unspecified atom stereocenters. The van der Waals surface area contributed by atoms with Crippen LogP contribution in [0.3, 0.4) is 0 Å². The highest BCUT2D eigenvalue weighted by atomic mass is 16.5. The molecule has 0 saturated heterocycles. The molecule has 1 spiro atoms. The number of rotatable bonds is 2. The number of benzene rings is 1. The fraction of sp³-hybridized carbons (Fsp3) is 0.560.